The van der Waals surface area contributed by atoms with Crippen molar-refractivity contribution in [3.63, 3.8) is 0 Å². The van der Waals surface area contributed by atoms with Crippen molar-refractivity contribution in [2.24, 2.45) is 0 Å². The van der Waals surface area contributed by atoms with Crippen LogP contribution in [0.25, 0.3) is 0 Å². The molecule has 1 N–H and O–H groups in total. The molecule has 2 nitrogen and oxygen atoms in total. The molecule has 0 aliphatic carbocycles. The van der Waals surface area contributed by atoms with E-state index >= 15 is 0 Å². The first kappa shape index (κ1) is 12.4. The molecule has 0 bridgehead atoms. The third-order valence-corrected chi connectivity index (χ3v) is 4.74. The van der Waals surface area contributed by atoms with E-state index in [9.17, 15) is 0 Å². The predicted molar refractivity (Wildman–Crippen MR) is 69.8 cm³/mol. The second-order valence-electron chi connectivity index (χ2n) is 5.68. The first-order valence-electron chi connectivity index (χ1n) is 7.28. The highest BCUT2D eigenvalue weighted by Gasteiger charge is 2.45. The minimum absolute atomic E-state index is 0.520. The summed E-state index contributed by atoms with van der Waals surface area (Å²) in [6, 6.07) is 0.699. The minimum atomic E-state index is 0.520. The zero-order chi connectivity index (χ0) is 11.4. The first-order valence-corrected chi connectivity index (χ1v) is 7.28. The molecular weight excluding hydrogens is 196 g/mol. The van der Waals surface area contributed by atoms with Gasteiger partial charge < -0.3 is 5.32 Å². The van der Waals surface area contributed by atoms with Crippen LogP contribution in [0.4, 0.5) is 0 Å². The van der Waals surface area contributed by atoms with Crippen molar-refractivity contribution >= 4 is 0 Å². The van der Waals surface area contributed by atoms with Crippen LogP contribution in [0.1, 0.15) is 58.8 Å². The van der Waals surface area contributed by atoms with E-state index in [2.05, 4.69) is 24.1 Å². The SMILES string of the molecule is CCCCCN1CCCC12CCCNC2C. The van der Waals surface area contributed by atoms with Crippen molar-refractivity contribution in [3.05, 3.63) is 0 Å². The highest BCUT2D eigenvalue weighted by molar-refractivity contribution is 5.04. The number of likely N-dealkylation sites (tertiary alicyclic amines) is 1. The van der Waals surface area contributed by atoms with Crippen molar-refractivity contribution in [3.8, 4) is 0 Å². The lowest BCUT2D eigenvalue weighted by Gasteiger charge is -2.47. The maximum absolute atomic E-state index is 3.69. The van der Waals surface area contributed by atoms with Gasteiger partial charge in [-0.05, 0) is 58.7 Å². The third kappa shape index (κ3) is 2.28. The second kappa shape index (κ2) is 5.50. The minimum Gasteiger partial charge on any atom is -0.312 e. The monoisotopic (exact) mass is 224 g/mol. The number of nitrogens with one attached hydrogen (secondary N) is 1. The molecule has 2 saturated heterocycles. The summed E-state index contributed by atoms with van der Waals surface area (Å²) >= 11 is 0. The van der Waals surface area contributed by atoms with E-state index in [-0.39, 0.29) is 0 Å². The van der Waals surface area contributed by atoms with E-state index in [1.807, 2.05) is 0 Å². The van der Waals surface area contributed by atoms with E-state index in [1.165, 1.54) is 64.6 Å². The largest absolute Gasteiger partial charge is 0.312 e. The highest BCUT2D eigenvalue weighted by Crippen LogP contribution is 2.38. The van der Waals surface area contributed by atoms with Gasteiger partial charge in [0.15, 0.2) is 0 Å². The van der Waals surface area contributed by atoms with Crippen molar-refractivity contribution in [1.29, 1.82) is 0 Å². The van der Waals surface area contributed by atoms with E-state index < -0.39 is 0 Å². The Bertz CT molecular complexity index is 217. The van der Waals surface area contributed by atoms with Crippen LogP contribution in [0.5, 0.6) is 0 Å². The van der Waals surface area contributed by atoms with Gasteiger partial charge in [-0.2, -0.15) is 0 Å². The Morgan fingerprint density at radius 1 is 1.25 bits per heavy atom. The van der Waals surface area contributed by atoms with Gasteiger partial charge in [0, 0.05) is 11.6 Å². The molecule has 0 aromatic rings. The molecule has 2 unspecified atom stereocenters. The average Bonchev–Trinajstić information content (AvgIpc) is 2.68. The Kier molecular flexibility index (Phi) is 4.26. The summed E-state index contributed by atoms with van der Waals surface area (Å²) in [5.74, 6) is 0. The van der Waals surface area contributed by atoms with Crippen LogP contribution in [0.2, 0.25) is 0 Å². The fourth-order valence-corrected chi connectivity index (χ4v) is 3.74. The van der Waals surface area contributed by atoms with E-state index in [1.54, 1.807) is 0 Å². The molecule has 0 amide bonds. The average molecular weight is 224 g/mol. The number of hydrogen-bond donors (Lipinski definition) is 1. The molecule has 1 spiro atoms. The standard InChI is InChI=1S/C14H28N2/c1-3-4-5-11-16-12-7-9-14(16)8-6-10-15-13(14)2/h13,15H,3-12H2,1-2H3. The van der Waals surface area contributed by atoms with Gasteiger partial charge in [-0.15, -0.1) is 0 Å². The van der Waals surface area contributed by atoms with Gasteiger partial charge in [-0.25, -0.2) is 0 Å². The number of hydrogen-bond acceptors (Lipinski definition) is 2. The Balaban J connectivity index is 1.95. The van der Waals surface area contributed by atoms with Crippen LogP contribution < -0.4 is 5.32 Å². The van der Waals surface area contributed by atoms with Gasteiger partial charge in [0.2, 0.25) is 0 Å². The summed E-state index contributed by atoms with van der Waals surface area (Å²) in [7, 11) is 0. The molecule has 0 radical (unpaired) electrons. The molecule has 16 heavy (non-hydrogen) atoms. The number of unbranched alkanes of at least 4 members (excludes halogenated alkanes) is 2. The van der Waals surface area contributed by atoms with Crippen LogP contribution in [0.3, 0.4) is 0 Å². The summed E-state index contributed by atoms with van der Waals surface area (Å²) in [4.78, 5) is 2.81. The normalized spacial score (nSPS) is 36.0. The molecule has 0 aromatic heterocycles. The van der Waals surface area contributed by atoms with Crippen molar-refractivity contribution in [1.82, 2.24) is 10.2 Å². The Morgan fingerprint density at radius 3 is 2.81 bits per heavy atom. The summed E-state index contributed by atoms with van der Waals surface area (Å²) < 4.78 is 0. The molecule has 2 heteroatoms. The number of piperidine rings is 1. The van der Waals surface area contributed by atoms with Gasteiger partial charge in [-0.1, -0.05) is 19.8 Å². The fourth-order valence-electron chi connectivity index (χ4n) is 3.74. The summed E-state index contributed by atoms with van der Waals surface area (Å²) in [6.45, 7) is 8.60. The van der Waals surface area contributed by atoms with Crippen molar-refractivity contribution in [2.75, 3.05) is 19.6 Å². The first-order chi connectivity index (χ1) is 7.79. The Morgan fingerprint density at radius 2 is 2.06 bits per heavy atom. The molecular formula is C14H28N2. The molecule has 2 rings (SSSR count). The molecule has 2 aliphatic heterocycles. The Hall–Kier alpha value is -0.0800. The van der Waals surface area contributed by atoms with Crippen LogP contribution in [0, 0.1) is 0 Å². The van der Waals surface area contributed by atoms with Gasteiger partial charge >= 0.3 is 0 Å². The van der Waals surface area contributed by atoms with Crippen molar-refractivity contribution < 1.29 is 0 Å². The van der Waals surface area contributed by atoms with E-state index in [0.29, 0.717) is 11.6 Å². The maximum Gasteiger partial charge on any atom is 0.0360 e. The van der Waals surface area contributed by atoms with Crippen LogP contribution in [0.15, 0.2) is 0 Å². The quantitative estimate of drug-likeness (QED) is 0.739. The molecule has 0 saturated carbocycles. The maximum atomic E-state index is 3.69. The van der Waals surface area contributed by atoms with Gasteiger partial charge in [0.25, 0.3) is 0 Å². The molecule has 0 aromatic carbocycles. The molecule has 2 atom stereocenters. The lowest BCUT2D eigenvalue weighted by molar-refractivity contribution is 0.0665. The summed E-state index contributed by atoms with van der Waals surface area (Å²) in [5, 5.41) is 3.69. The highest BCUT2D eigenvalue weighted by atomic mass is 15.3. The topological polar surface area (TPSA) is 15.3 Å². The van der Waals surface area contributed by atoms with Gasteiger partial charge in [-0.3, -0.25) is 4.90 Å². The van der Waals surface area contributed by atoms with Crippen molar-refractivity contribution in [2.45, 2.75) is 70.4 Å². The second-order valence-corrected chi connectivity index (χ2v) is 5.68. The predicted octanol–water partition coefficient (Wildman–Crippen LogP) is 2.78. The zero-order valence-electron chi connectivity index (χ0n) is 11.1. The van der Waals surface area contributed by atoms with Crippen LogP contribution >= 0.6 is 0 Å². The molecule has 2 heterocycles. The van der Waals surface area contributed by atoms with Gasteiger partial charge in [0.1, 0.15) is 0 Å². The molecule has 2 fully saturated rings. The van der Waals surface area contributed by atoms with E-state index in [4.69, 9.17) is 0 Å². The molecule has 2 aliphatic rings. The number of nitrogens with zero attached hydrogens (tertiary/aromatic N) is 1. The summed E-state index contributed by atoms with van der Waals surface area (Å²) in [6.07, 6.45) is 9.77. The fraction of sp³-hybridized carbons (Fsp3) is 1.00. The lowest BCUT2D eigenvalue weighted by atomic mass is 9.81. The third-order valence-electron chi connectivity index (χ3n) is 4.74. The van der Waals surface area contributed by atoms with Crippen LogP contribution in [-0.4, -0.2) is 36.1 Å². The molecule has 94 valence electrons. The smallest absolute Gasteiger partial charge is 0.0360 e. The Labute approximate surface area is 101 Å². The van der Waals surface area contributed by atoms with Gasteiger partial charge in [0.05, 0.1) is 0 Å². The summed E-state index contributed by atoms with van der Waals surface area (Å²) in [5.41, 5.74) is 0.520. The lowest BCUT2D eigenvalue weighted by Crippen LogP contribution is -2.60. The van der Waals surface area contributed by atoms with Crippen LogP contribution in [-0.2, 0) is 0 Å². The van der Waals surface area contributed by atoms with E-state index in [0.717, 1.165) is 0 Å². The zero-order valence-corrected chi connectivity index (χ0v) is 11.1. The number of rotatable bonds is 4.